The van der Waals surface area contributed by atoms with E-state index in [4.69, 9.17) is 0 Å². The van der Waals surface area contributed by atoms with Crippen molar-refractivity contribution in [2.75, 3.05) is 39.0 Å². The number of hydrogen-bond donors (Lipinski definition) is 3. The highest BCUT2D eigenvalue weighted by atomic mass is 32.2. The summed E-state index contributed by atoms with van der Waals surface area (Å²) in [7, 11) is 0. The van der Waals surface area contributed by atoms with Crippen molar-refractivity contribution >= 4 is 17.7 Å². The van der Waals surface area contributed by atoms with Gasteiger partial charge in [0.25, 0.3) is 0 Å². The van der Waals surface area contributed by atoms with Crippen LogP contribution in [0.3, 0.4) is 0 Å². The lowest BCUT2D eigenvalue weighted by Gasteiger charge is -2.29. The molecule has 0 radical (unpaired) electrons. The molecule has 0 aromatic heterocycles. The summed E-state index contributed by atoms with van der Waals surface area (Å²) < 4.78 is 13.5. The van der Waals surface area contributed by atoms with E-state index in [1.165, 1.54) is 6.07 Å². The van der Waals surface area contributed by atoms with Crippen LogP contribution in [0.5, 0.6) is 0 Å². The first kappa shape index (κ1) is 22.0. The van der Waals surface area contributed by atoms with Gasteiger partial charge in [0.05, 0.1) is 12.6 Å². The summed E-state index contributed by atoms with van der Waals surface area (Å²) in [6.45, 7) is 7.25. The van der Waals surface area contributed by atoms with E-state index in [9.17, 15) is 9.50 Å². The molecule has 1 aliphatic rings. The molecule has 1 saturated heterocycles. The van der Waals surface area contributed by atoms with Crippen LogP contribution in [0.4, 0.5) is 4.39 Å². The minimum Gasteiger partial charge on any atom is -0.393 e. The van der Waals surface area contributed by atoms with Crippen LogP contribution in [-0.2, 0) is 12.3 Å². The van der Waals surface area contributed by atoms with Crippen molar-refractivity contribution in [2.45, 2.75) is 44.6 Å². The zero-order valence-corrected chi connectivity index (χ0v) is 17.3. The van der Waals surface area contributed by atoms with Crippen molar-refractivity contribution in [1.82, 2.24) is 15.5 Å². The molecule has 1 heterocycles. The number of aliphatic hydroxyl groups is 1. The Morgan fingerprint density at radius 1 is 1.30 bits per heavy atom. The molecule has 0 saturated carbocycles. The van der Waals surface area contributed by atoms with Gasteiger partial charge in [-0.25, -0.2) is 9.38 Å². The summed E-state index contributed by atoms with van der Waals surface area (Å²) in [5, 5.41) is 16.2. The third kappa shape index (κ3) is 8.07. The lowest BCUT2D eigenvalue weighted by Crippen LogP contribution is -2.40. The fourth-order valence-corrected chi connectivity index (χ4v) is 3.78. The molecular weight excluding hydrogens is 363 g/mol. The van der Waals surface area contributed by atoms with Crippen molar-refractivity contribution in [3.63, 3.8) is 0 Å². The van der Waals surface area contributed by atoms with Gasteiger partial charge < -0.3 is 20.6 Å². The van der Waals surface area contributed by atoms with Crippen LogP contribution in [0, 0.1) is 5.82 Å². The predicted molar refractivity (Wildman–Crippen MR) is 113 cm³/mol. The van der Waals surface area contributed by atoms with Gasteiger partial charge in [0.2, 0.25) is 0 Å². The van der Waals surface area contributed by atoms with Gasteiger partial charge in [-0.05, 0) is 62.2 Å². The molecule has 2 rings (SSSR count). The minimum absolute atomic E-state index is 0.116. The molecule has 27 heavy (non-hydrogen) atoms. The van der Waals surface area contributed by atoms with Gasteiger partial charge in [-0.2, -0.15) is 11.8 Å². The summed E-state index contributed by atoms with van der Waals surface area (Å²) in [6, 6.07) is 4.95. The first-order valence-electron chi connectivity index (χ1n) is 9.81. The third-order valence-corrected chi connectivity index (χ3v) is 5.32. The van der Waals surface area contributed by atoms with Gasteiger partial charge in [-0.1, -0.05) is 6.07 Å². The largest absolute Gasteiger partial charge is 0.393 e. The van der Waals surface area contributed by atoms with Gasteiger partial charge in [0.1, 0.15) is 5.82 Å². The Bertz CT molecular complexity index is 591. The summed E-state index contributed by atoms with van der Waals surface area (Å²) in [5.41, 5.74) is 2.07. The van der Waals surface area contributed by atoms with Gasteiger partial charge in [0, 0.05) is 31.9 Å². The predicted octanol–water partition coefficient (Wildman–Crippen LogP) is 2.59. The number of nitrogens with one attached hydrogen (secondary N) is 2. The number of piperidine rings is 1. The van der Waals surface area contributed by atoms with Gasteiger partial charge in [-0.15, -0.1) is 0 Å². The van der Waals surface area contributed by atoms with E-state index in [2.05, 4.69) is 20.5 Å². The fraction of sp³-hybridized carbons (Fsp3) is 0.650. The molecule has 152 valence electrons. The fourth-order valence-electron chi connectivity index (χ4n) is 3.20. The van der Waals surface area contributed by atoms with E-state index >= 15 is 0 Å². The molecule has 1 aromatic carbocycles. The lowest BCUT2D eigenvalue weighted by molar-refractivity contribution is 0.0823. The Balaban J connectivity index is 1.81. The Kier molecular flexibility index (Phi) is 9.94. The van der Waals surface area contributed by atoms with Crippen LogP contribution >= 0.6 is 11.8 Å². The molecule has 1 fully saturated rings. The number of aliphatic hydroxyl groups excluding tert-OH is 1. The maximum absolute atomic E-state index is 13.5. The average molecular weight is 397 g/mol. The van der Waals surface area contributed by atoms with Crippen LogP contribution in [0.25, 0.3) is 0 Å². The highest BCUT2D eigenvalue weighted by molar-refractivity contribution is 7.97. The number of thioether (sulfide) groups is 1. The molecule has 3 N–H and O–H groups in total. The third-order valence-electron chi connectivity index (χ3n) is 4.72. The van der Waals surface area contributed by atoms with Crippen LogP contribution in [0.1, 0.15) is 37.3 Å². The molecule has 5 nitrogen and oxygen atoms in total. The zero-order valence-electron chi connectivity index (χ0n) is 16.5. The number of nitrogens with zero attached hydrogens (tertiary/aromatic N) is 2. The smallest absolute Gasteiger partial charge is 0.191 e. The average Bonchev–Trinajstić information content (AvgIpc) is 2.66. The maximum Gasteiger partial charge on any atom is 0.191 e. The number of rotatable bonds is 9. The highest BCUT2D eigenvalue weighted by Gasteiger charge is 2.16. The van der Waals surface area contributed by atoms with E-state index in [1.54, 1.807) is 17.8 Å². The zero-order chi connectivity index (χ0) is 19.5. The van der Waals surface area contributed by atoms with E-state index in [0.717, 1.165) is 74.8 Å². The monoisotopic (exact) mass is 396 g/mol. The molecule has 1 aromatic rings. The van der Waals surface area contributed by atoms with Crippen LogP contribution in [-0.4, -0.2) is 61.0 Å². The quantitative estimate of drug-likeness (QED) is 0.340. The number of guanidine groups is 1. The number of halogens is 1. The standard InChI is InChI=1S/C20H33FN4OS/c1-3-22-20(23-9-4-10-25-11-7-19(26)8-12-25)24-14-16-5-6-18(21)13-17(16)15-27-2/h5-6,13,19,26H,3-4,7-12,14-15H2,1-2H3,(H2,22,23,24). The second kappa shape index (κ2) is 12.2. The summed E-state index contributed by atoms with van der Waals surface area (Å²) >= 11 is 1.69. The van der Waals surface area contributed by atoms with Crippen molar-refractivity contribution in [2.24, 2.45) is 4.99 Å². The summed E-state index contributed by atoms with van der Waals surface area (Å²) in [5.74, 6) is 1.39. The summed E-state index contributed by atoms with van der Waals surface area (Å²) in [4.78, 5) is 7.08. The Morgan fingerprint density at radius 3 is 2.78 bits per heavy atom. The van der Waals surface area contributed by atoms with E-state index in [1.807, 2.05) is 19.2 Å². The van der Waals surface area contributed by atoms with E-state index in [0.29, 0.717) is 6.54 Å². The molecular formula is C20H33FN4OS. The summed E-state index contributed by atoms with van der Waals surface area (Å²) in [6.07, 6.45) is 4.71. The lowest BCUT2D eigenvalue weighted by atomic mass is 10.1. The molecule has 0 amide bonds. The number of benzene rings is 1. The number of hydrogen-bond acceptors (Lipinski definition) is 4. The topological polar surface area (TPSA) is 59.9 Å². The van der Waals surface area contributed by atoms with E-state index < -0.39 is 0 Å². The van der Waals surface area contributed by atoms with Crippen molar-refractivity contribution in [1.29, 1.82) is 0 Å². The molecule has 0 unspecified atom stereocenters. The van der Waals surface area contributed by atoms with Crippen LogP contribution < -0.4 is 10.6 Å². The highest BCUT2D eigenvalue weighted by Crippen LogP contribution is 2.17. The molecule has 0 bridgehead atoms. The Morgan fingerprint density at radius 2 is 2.07 bits per heavy atom. The molecule has 7 heteroatoms. The Labute approximate surface area is 166 Å². The SMILES string of the molecule is CCNC(=NCc1ccc(F)cc1CSC)NCCCN1CCC(O)CC1. The van der Waals surface area contributed by atoms with Crippen molar-refractivity contribution in [3.05, 3.63) is 35.1 Å². The van der Waals surface area contributed by atoms with E-state index in [-0.39, 0.29) is 11.9 Å². The molecule has 0 spiro atoms. The van der Waals surface area contributed by atoms with Crippen LogP contribution in [0.15, 0.2) is 23.2 Å². The second-order valence-corrected chi connectivity index (χ2v) is 7.76. The number of aliphatic imine (C=N–C) groups is 1. The molecule has 1 aliphatic heterocycles. The second-order valence-electron chi connectivity index (χ2n) is 6.89. The van der Waals surface area contributed by atoms with Crippen molar-refractivity contribution < 1.29 is 9.50 Å². The molecule has 0 aliphatic carbocycles. The molecule has 0 atom stereocenters. The first-order chi connectivity index (χ1) is 13.1. The van der Waals surface area contributed by atoms with Gasteiger partial charge >= 0.3 is 0 Å². The number of likely N-dealkylation sites (tertiary alicyclic amines) is 1. The minimum atomic E-state index is -0.193. The van der Waals surface area contributed by atoms with Crippen LogP contribution in [0.2, 0.25) is 0 Å². The first-order valence-corrected chi connectivity index (χ1v) is 11.2. The Hall–Kier alpha value is -1.31. The van der Waals surface area contributed by atoms with Gasteiger partial charge in [0.15, 0.2) is 5.96 Å². The van der Waals surface area contributed by atoms with Crippen molar-refractivity contribution in [3.8, 4) is 0 Å². The maximum atomic E-state index is 13.5. The normalized spacial score (nSPS) is 16.5. The van der Waals surface area contributed by atoms with Gasteiger partial charge in [-0.3, -0.25) is 0 Å².